The van der Waals surface area contributed by atoms with Crippen molar-refractivity contribution in [3.05, 3.63) is 33.8 Å². The summed E-state index contributed by atoms with van der Waals surface area (Å²) in [7, 11) is 0. The maximum Gasteiger partial charge on any atom is 0.0457 e. The number of benzene rings is 1. The summed E-state index contributed by atoms with van der Waals surface area (Å²) in [5, 5.41) is 1.46. The van der Waals surface area contributed by atoms with Gasteiger partial charge in [0, 0.05) is 15.6 Å². The van der Waals surface area contributed by atoms with E-state index in [0.29, 0.717) is 10.9 Å². The van der Waals surface area contributed by atoms with Crippen LogP contribution in [0.4, 0.5) is 0 Å². The van der Waals surface area contributed by atoms with Crippen LogP contribution in [-0.4, -0.2) is 0 Å². The van der Waals surface area contributed by atoms with Crippen LogP contribution in [0, 0.1) is 5.92 Å². The Kier molecular flexibility index (Phi) is 4.02. The van der Waals surface area contributed by atoms with Crippen molar-refractivity contribution in [3.63, 3.8) is 0 Å². The maximum absolute atomic E-state index is 6.57. The molecule has 0 heterocycles. The third kappa shape index (κ3) is 2.78. The number of halogens is 2. The van der Waals surface area contributed by atoms with E-state index in [1.165, 1.54) is 19.3 Å². The average Bonchev–Trinajstić information content (AvgIpc) is 2.32. The molecule has 2 unspecified atom stereocenters. The second kappa shape index (κ2) is 5.17. The van der Waals surface area contributed by atoms with Crippen LogP contribution < -0.4 is 5.73 Å². The Morgan fingerprint density at radius 1 is 1.41 bits per heavy atom. The van der Waals surface area contributed by atoms with Gasteiger partial charge in [-0.2, -0.15) is 0 Å². The maximum atomic E-state index is 6.57. The molecule has 0 aliphatic heterocycles. The van der Waals surface area contributed by atoms with Gasteiger partial charge in [0.2, 0.25) is 0 Å². The number of hydrogen-bond donors (Lipinski definition) is 1. The quantitative estimate of drug-likeness (QED) is 0.826. The minimum absolute atomic E-state index is 0.291. The largest absolute Gasteiger partial charge is 0.321 e. The molecular formula is C14H19Cl2N. The molecule has 0 spiro atoms. The van der Waals surface area contributed by atoms with Gasteiger partial charge in [-0.1, -0.05) is 49.4 Å². The summed E-state index contributed by atoms with van der Waals surface area (Å²) in [6.07, 6.45) is 5.68. The molecule has 2 atom stereocenters. The molecule has 3 heteroatoms. The van der Waals surface area contributed by atoms with Crippen LogP contribution in [0.25, 0.3) is 0 Å². The van der Waals surface area contributed by atoms with Crippen LogP contribution in [0.5, 0.6) is 0 Å². The highest BCUT2D eigenvalue weighted by Gasteiger charge is 2.35. The molecular weight excluding hydrogens is 253 g/mol. The van der Waals surface area contributed by atoms with Gasteiger partial charge >= 0.3 is 0 Å². The second-order valence-electron chi connectivity index (χ2n) is 5.15. The van der Waals surface area contributed by atoms with Crippen molar-refractivity contribution in [2.45, 2.75) is 44.6 Å². The van der Waals surface area contributed by atoms with Gasteiger partial charge in [-0.25, -0.2) is 0 Å². The van der Waals surface area contributed by atoms with Gasteiger partial charge in [-0.3, -0.25) is 0 Å². The fraction of sp³-hybridized carbons (Fsp3) is 0.571. The van der Waals surface area contributed by atoms with Gasteiger partial charge < -0.3 is 5.73 Å². The molecule has 1 nitrogen and oxygen atoms in total. The Labute approximate surface area is 113 Å². The fourth-order valence-electron chi connectivity index (χ4n) is 2.90. The van der Waals surface area contributed by atoms with Crippen LogP contribution in [0.15, 0.2) is 18.2 Å². The van der Waals surface area contributed by atoms with E-state index in [1.807, 2.05) is 18.2 Å². The lowest BCUT2D eigenvalue weighted by Gasteiger charge is -2.38. The van der Waals surface area contributed by atoms with E-state index in [2.05, 4.69) is 6.92 Å². The Bertz CT molecular complexity index is 405. The summed E-state index contributed by atoms with van der Waals surface area (Å²) in [5.41, 5.74) is 7.30. The molecule has 0 bridgehead atoms. The predicted molar refractivity (Wildman–Crippen MR) is 74.6 cm³/mol. The van der Waals surface area contributed by atoms with Gasteiger partial charge in [-0.15, -0.1) is 0 Å². The summed E-state index contributed by atoms with van der Waals surface area (Å²) in [6, 6.07) is 5.60. The van der Waals surface area contributed by atoms with Crippen LogP contribution in [0.3, 0.4) is 0 Å². The Morgan fingerprint density at radius 2 is 2.18 bits per heavy atom. The SMILES string of the molecule is CCC1CCCC(N)(c2cc(Cl)ccc2Cl)C1. The van der Waals surface area contributed by atoms with E-state index in [-0.39, 0.29) is 5.54 Å². The molecule has 1 fully saturated rings. The molecule has 0 radical (unpaired) electrons. The highest BCUT2D eigenvalue weighted by atomic mass is 35.5. The lowest BCUT2D eigenvalue weighted by molar-refractivity contribution is 0.221. The number of rotatable bonds is 2. The number of nitrogens with two attached hydrogens (primary N) is 1. The molecule has 1 aromatic carbocycles. The van der Waals surface area contributed by atoms with Gasteiger partial charge in [-0.05, 0) is 42.5 Å². The van der Waals surface area contributed by atoms with Crippen LogP contribution in [-0.2, 0) is 5.54 Å². The Balaban J connectivity index is 2.33. The summed E-state index contributed by atoms with van der Waals surface area (Å²) < 4.78 is 0. The van der Waals surface area contributed by atoms with Crippen LogP contribution >= 0.6 is 23.2 Å². The first-order valence-corrected chi connectivity index (χ1v) is 7.05. The van der Waals surface area contributed by atoms with Crippen molar-refractivity contribution in [1.29, 1.82) is 0 Å². The number of hydrogen-bond acceptors (Lipinski definition) is 1. The van der Waals surface area contributed by atoms with Crippen molar-refractivity contribution in [1.82, 2.24) is 0 Å². The van der Waals surface area contributed by atoms with Gasteiger partial charge in [0.15, 0.2) is 0 Å². The molecule has 1 aliphatic rings. The molecule has 0 amide bonds. The first kappa shape index (κ1) is 13.2. The molecule has 17 heavy (non-hydrogen) atoms. The van der Waals surface area contributed by atoms with Gasteiger partial charge in [0.25, 0.3) is 0 Å². The fourth-order valence-corrected chi connectivity index (χ4v) is 3.38. The third-order valence-corrected chi connectivity index (χ3v) is 4.50. The van der Waals surface area contributed by atoms with Gasteiger partial charge in [0.1, 0.15) is 0 Å². The van der Waals surface area contributed by atoms with E-state index in [4.69, 9.17) is 28.9 Å². The third-order valence-electron chi connectivity index (χ3n) is 3.93. The van der Waals surface area contributed by atoms with E-state index in [1.54, 1.807) is 0 Å². The minimum Gasteiger partial charge on any atom is -0.321 e. The van der Waals surface area contributed by atoms with Crippen LogP contribution in [0.2, 0.25) is 10.0 Å². The molecule has 2 N–H and O–H groups in total. The molecule has 0 aromatic heterocycles. The second-order valence-corrected chi connectivity index (χ2v) is 5.99. The molecule has 1 saturated carbocycles. The van der Waals surface area contributed by atoms with E-state index < -0.39 is 0 Å². The average molecular weight is 272 g/mol. The summed E-state index contributed by atoms with van der Waals surface area (Å²) in [5.74, 6) is 0.712. The van der Waals surface area contributed by atoms with E-state index in [9.17, 15) is 0 Å². The zero-order valence-corrected chi connectivity index (χ0v) is 11.7. The van der Waals surface area contributed by atoms with Crippen molar-refractivity contribution < 1.29 is 0 Å². The smallest absolute Gasteiger partial charge is 0.0457 e. The van der Waals surface area contributed by atoms with Crippen molar-refractivity contribution in [2.24, 2.45) is 11.7 Å². The standard InChI is InChI=1S/C14H19Cl2N/c1-2-10-4-3-7-14(17,9-10)12-8-11(15)5-6-13(12)16/h5-6,8,10H,2-4,7,9,17H2,1H3. The van der Waals surface area contributed by atoms with Crippen molar-refractivity contribution >= 4 is 23.2 Å². The van der Waals surface area contributed by atoms with Crippen molar-refractivity contribution in [3.8, 4) is 0 Å². The molecule has 1 aliphatic carbocycles. The van der Waals surface area contributed by atoms with Gasteiger partial charge in [0.05, 0.1) is 0 Å². The minimum atomic E-state index is -0.291. The predicted octanol–water partition coefficient (Wildman–Crippen LogP) is 4.75. The molecule has 1 aromatic rings. The zero-order chi connectivity index (χ0) is 12.5. The first-order chi connectivity index (χ1) is 8.05. The first-order valence-electron chi connectivity index (χ1n) is 6.29. The Hall–Kier alpha value is -0.240. The van der Waals surface area contributed by atoms with E-state index in [0.717, 1.165) is 23.4 Å². The highest BCUT2D eigenvalue weighted by molar-refractivity contribution is 6.33. The summed E-state index contributed by atoms with van der Waals surface area (Å²) in [4.78, 5) is 0. The normalized spacial score (nSPS) is 29.3. The summed E-state index contributed by atoms with van der Waals surface area (Å²) in [6.45, 7) is 2.23. The molecule has 2 rings (SSSR count). The Morgan fingerprint density at radius 3 is 2.88 bits per heavy atom. The molecule has 94 valence electrons. The summed E-state index contributed by atoms with van der Waals surface area (Å²) >= 11 is 12.3. The monoisotopic (exact) mass is 271 g/mol. The lowest BCUT2D eigenvalue weighted by atomic mass is 9.72. The van der Waals surface area contributed by atoms with E-state index >= 15 is 0 Å². The lowest BCUT2D eigenvalue weighted by Crippen LogP contribution is -2.41. The molecule has 0 saturated heterocycles. The van der Waals surface area contributed by atoms with Crippen molar-refractivity contribution in [2.75, 3.05) is 0 Å². The van der Waals surface area contributed by atoms with Crippen LogP contribution in [0.1, 0.15) is 44.6 Å². The zero-order valence-electron chi connectivity index (χ0n) is 10.2. The topological polar surface area (TPSA) is 26.0 Å². The highest BCUT2D eigenvalue weighted by Crippen LogP contribution is 2.42.